The Morgan fingerprint density at radius 2 is 2.05 bits per heavy atom. The molecule has 0 atom stereocenters. The zero-order valence-corrected chi connectivity index (χ0v) is 14.4. The fourth-order valence-corrected chi connectivity index (χ4v) is 2.77. The Morgan fingerprint density at radius 1 is 1.41 bits per heavy atom. The lowest BCUT2D eigenvalue weighted by Gasteiger charge is -2.32. The number of halogens is 1. The number of hydrogen-bond acceptors (Lipinski definition) is 2. The standard InChI is InChI=1S/C16H22ClNO2.C2H4/c1-3-20-14-7-9-18(10-8-14)16(19)13-5-4-6-15(17)12(2)11-13;1-2/h4,6,11,14H,3,5,7-10H2,1-2H3;1-2H2. The summed E-state index contributed by atoms with van der Waals surface area (Å²) >= 11 is 6.09. The second-order valence-corrected chi connectivity index (χ2v) is 5.66. The van der Waals surface area contributed by atoms with E-state index in [0.29, 0.717) is 17.6 Å². The minimum Gasteiger partial charge on any atom is -0.378 e. The highest BCUT2D eigenvalue weighted by Gasteiger charge is 2.25. The van der Waals surface area contributed by atoms with Gasteiger partial charge in [0, 0.05) is 30.3 Å². The molecular formula is C18H26ClNO2. The maximum Gasteiger partial charge on any atom is 0.250 e. The number of piperidine rings is 1. The van der Waals surface area contributed by atoms with Gasteiger partial charge >= 0.3 is 0 Å². The molecule has 1 aliphatic heterocycles. The van der Waals surface area contributed by atoms with Gasteiger partial charge in [-0.1, -0.05) is 17.7 Å². The van der Waals surface area contributed by atoms with Crippen LogP contribution in [0.15, 0.2) is 47.6 Å². The van der Waals surface area contributed by atoms with E-state index in [1.807, 2.05) is 37.0 Å². The molecule has 0 radical (unpaired) electrons. The van der Waals surface area contributed by atoms with Crippen molar-refractivity contribution in [2.45, 2.75) is 39.2 Å². The maximum absolute atomic E-state index is 12.5. The zero-order chi connectivity index (χ0) is 16.5. The molecule has 122 valence electrons. The van der Waals surface area contributed by atoms with Crippen molar-refractivity contribution < 1.29 is 9.53 Å². The highest BCUT2D eigenvalue weighted by molar-refractivity contribution is 6.31. The van der Waals surface area contributed by atoms with Gasteiger partial charge in [-0.05, 0) is 50.8 Å². The molecule has 0 N–H and O–H groups in total. The first-order valence-corrected chi connectivity index (χ1v) is 8.14. The van der Waals surface area contributed by atoms with Crippen LogP contribution in [0, 0.1) is 0 Å². The number of likely N-dealkylation sites (tertiary alicyclic amines) is 1. The van der Waals surface area contributed by atoms with Crippen LogP contribution in [0.1, 0.15) is 33.1 Å². The molecule has 0 saturated carbocycles. The Hall–Kier alpha value is -1.32. The molecule has 3 nitrogen and oxygen atoms in total. The van der Waals surface area contributed by atoms with Crippen molar-refractivity contribution in [1.82, 2.24) is 4.90 Å². The second-order valence-electron chi connectivity index (χ2n) is 5.25. The van der Waals surface area contributed by atoms with E-state index in [0.717, 1.165) is 43.7 Å². The summed E-state index contributed by atoms with van der Waals surface area (Å²) < 4.78 is 5.62. The summed E-state index contributed by atoms with van der Waals surface area (Å²) in [4.78, 5) is 14.5. The number of ether oxygens (including phenoxy) is 1. The number of hydrogen-bond donors (Lipinski definition) is 0. The fraction of sp³-hybridized carbons (Fsp3) is 0.500. The topological polar surface area (TPSA) is 29.5 Å². The predicted molar refractivity (Wildman–Crippen MR) is 92.9 cm³/mol. The predicted octanol–water partition coefficient (Wildman–Crippen LogP) is 4.22. The van der Waals surface area contributed by atoms with E-state index < -0.39 is 0 Å². The zero-order valence-electron chi connectivity index (χ0n) is 13.6. The van der Waals surface area contributed by atoms with Crippen molar-refractivity contribution >= 4 is 17.5 Å². The Kier molecular flexibility index (Phi) is 8.21. The highest BCUT2D eigenvalue weighted by atomic mass is 35.5. The molecule has 0 aromatic carbocycles. The first-order valence-electron chi connectivity index (χ1n) is 7.76. The highest BCUT2D eigenvalue weighted by Crippen LogP contribution is 2.23. The largest absolute Gasteiger partial charge is 0.378 e. The van der Waals surface area contributed by atoms with Gasteiger partial charge in [0.25, 0.3) is 0 Å². The average Bonchev–Trinajstić information content (AvgIpc) is 2.71. The van der Waals surface area contributed by atoms with Gasteiger partial charge in [-0.2, -0.15) is 0 Å². The number of carbonyl (C=O) groups is 1. The van der Waals surface area contributed by atoms with Gasteiger partial charge < -0.3 is 9.64 Å². The Balaban J connectivity index is 0.00000116. The summed E-state index contributed by atoms with van der Waals surface area (Å²) in [6.45, 7) is 12.3. The molecule has 1 heterocycles. The van der Waals surface area contributed by atoms with Crippen molar-refractivity contribution in [3.8, 4) is 0 Å². The Bertz CT molecular complexity index is 471. The lowest BCUT2D eigenvalue weighted by atomic mass is 10.0. The van der Waals surface area contributed by atoms with Crippen LogP contribution in [-0.4, -0.2) is 36.6 Å². The van der Waals surface area contributed by atoms with Crippen LogP contribution >= 0.6 is 11.6 Å². The molecule has 0 unspecified atom stereocenters. The van der Waals surface area contributed by atoms with Gasteiger partial charge in [0.15, 0.2) is 0 Å². The molecule has 0 bridgehead atoms. The van der Waals surface area contributed by atoms with Crippen LogP contribution in [0.5, 0.6) is 0 Å². The van der Waals surface area contributed by atoms with Crippen molar-refractivity contribution in [2.75, 3.05) is 19.7 Å². The molecule has 2 rings (SSSR count). The van der Waals surface area contributed by atoms with Crippen molar-refractivity contribution in [3.63, 3.8) is 0 Å². The van der Waals surface area contributed by atoms with Crippen LogP contribution in [-0.2, 0) is 9.53 Å². The molecule has 1 aliphatic carbocycles. The minimum absolute atomic E-state index is 0.135. The summed E-state index contributed by atoms with van der Waals surface area (Å²) in [5.74, 6) is 0.135. The van der Waals surface area contributed by atoms with Crippen LogP contribution in [0.2, 0.25) is 0 Å². The first-order chi connectivity index (χ1) is 10.6. The molecule has 0 aromatic rings. The van der Waals surface area contributed by atoms with E-state index in [-0.39, 0.29) is 5.91 Å². The van der Waals surface area contributed by atoms with Gasteiger partial charge in [0.1, 0.15) is 0 Å². The molecule has 0 spiro atoms. The molecule has 2 aliphatic rings. The van der Waals surface area contributed by atoms with E-state index in [1.54, 1.807) is 0 Å². The van der Waals surface area contributed by atoms with Crippen molar-refractivity contribution in [1.29, 1.82) is 0 Å². The van der Waals surface area contributed by atoms with Gasteiger partial charge in [0.05, 0.1) is 6.10 Å². The summed E-state index contributed by atoms with van der Waals surface area (Å²) in [5, 5.41) is 0.711. The van der Waals surface area contributed by atoms with E-state index in [2.05, 4.69) is 13.2 Å². The van der Waals surface area contributed by atoms with E-state index in [4.69, 9.17) is 16.3 Å². The van der Waals surface area contributed by atoms with E-state index >= 15 is 0 Å². The summed E-state index contributed by atoms with van der Waals surface area (Å²) in [5.41, 5.74) is 1.78. The number of carbonyl (C=O) groups excluding carboxylic acids is 1. The maximum atomic E-state index is 12.5. The van der Waals surface area contributed by atoms with Crippen LogP contribution in [0.3, 0.4) is 0 Å². The molecule has 1 fully saturated rings. The third-order valence-electron chi connectivity index (χ3n) is 3.78. The normalized spacial score (nSPS) is 19.2. The first kappa shape index (κ1) is 18.7. The molecule has 22 heavy (non-hydrogen) atoms. The molecule has 0 aromatic heterocycles. The van der Waals surface area contributed by atoms with Crippen molar-refractivity contribution in [3.05, 3.63) is 47.6 Å². The van der Waals surface area contributed by atoms with E-state index in [1.165, 1.54) is 0 Å². The smallest absolute Gasteiger partial charge is 0.250 e. The fourth-order valence-electron chi connectivity index (χ4n) is 2.62. The third-order valence-corrected chi connectivity index (χ3v) is 4.20. The van der Waals surface area contributed by atoms with Gasteiger partial charge in [0.2, 0.25) is 5.91 Å². The lowest BCUT2D eigenvalue weighted by molar-refractivity contribution is -0.129. The summed E-state index contributed by atoms with van der Waals surface area (Å²) in [6.07, 6.45) is 8.56. The minimum atomic E-state index is 0.135. The molecule has 4 heteroatoms. The molecular weight excluding hydrogens is 298 g/mol. The van der Waals surface area contributed by atoms with Crippen molar-refractivity contribution in [2.24, 2.45) is 0 Å². The summed E-state index contributed by atoms with van der Waals surface area (Å²) in [7, 11) is 0. The van der Waals surface area contributed by atoms with Gasteiger partial charge in [-0.25, -0.2) is 0 Å². The molecule has 1 saturated heterocycles. The Labute approximate surface area is 139 Å². The number of rotatable bonds is 3. The Morgan fingerprint density at radius 3 is 2.64 bits per heavy atom. The van der Waals surface area contributed by atoms with Gasteiger partial charge in [-0.3, -0.25) is 4.79 Å². The second kappa shape index (κ2) is 9.65. The molecule has 1 amide bonds. The number of nitrogens with zero attached hydrogens (tertiary/aromatic N) is 1. The number of amides is 1. The van der Waals surface area contributed by atoms with Crippen LogP contribution < -0.4 is 0 Å². The monoisotopic (exact) mass is 323 g/mol. The third kappa shape index (κ3) is 5.15. The SMILES string of the molecule is C=C.CCOC1CCN(C(=O)C2=CC(C)=C(Cl)C=CC2)CC1. The quantitative estimate of drug-likeness (QED) is 0.728. The van der Waals surface area contributed by atoms with Gasteiger partial charge in [-0.15, -0.1) is 13.2 Å². The number of allylic oxidation sites excluding steroid dienone is 5. The van der Waals surface area contributed by atoms with Crippen LogP contribution in [0.25, 0.3) is 0 Å². The van der Waals surface area contributed by atoms with E-state index in [9.17, 15) is 4.79 Å². The van der Waals surface area contributed by atoms with Crippen LogP contribution in [0.4, 0.5) is 0 Å². The lowest BCUT2D eigenvalue weighted by Crippen LogP contribution is -2.41. The summed E-state index contributed by atoms with van der Waals surface area (Å²) in [6, 6.07) is 0. The average molecular weight is 324 g/mol.